The molecule has 4 aliphatic rings. The Bertz CT molecular complexity index is 935. The van der Waals surface area contributed by atoms with Crippen molar-refractivity contribution in [3.05, 3.63) is 53.9 Å². The Labute approximate surface area is 158 Å². The number of nitrogens with zero attached hydrogens (tertiary/aromatic N) is 5. The molecule has 3 aliphatic carbocycles. The molecule has 1 unspecified atom stereocenters. The summed E-state index contributed by atoms with van der Waals surface area (Å²) in [5.41, 5.74) is 1.88. The third kappa shape index (κ3) is 2.66. The van der Waals surface area contributed by atoms with E-state index in [1.165, 1.54) is 0 Å². The number of carbonyl (C=O) groups is 1. The monoisotopic (exact) mass is 359 g/mol. The molecule has 2 atom stereocenters. The highest BCUT2D eigenvalue weighted by atomic mass is 16.2. The molecule has 6 heteroatoms. The maximum Gasteiger partial charge on any atom is 0.246 e. The first-order chi connectivity index (χ1) is 13.2. The summed E-state index contributed by atoms with van der Waals surface area (Å²) in [6.45, 7) is 0.792. The van der Waals surface area contributed by atoms with Crippen molar-refractivity contribution in [3.8, 4) is 6.07 Å². The van der Waals surface area contributed by atoms with Crippen molar-refractivity contribution < 1.29 is 4.79 Å². The summed E-state index contributed by atoms with van der Waals surface area (Å²) in [6.07, 6.45) is 9.07. The highest BCUT2D eigenvalue weighted by Gasteiger charge is 2.59. The van der Waals surface area contributed by atoms with Gasteiger partial charge in [0.05, 0.1) is 17.8 Å². The Kier molecular flexibility index (Phi) is 3.64. The maximum atomic E-state index is 13.3. The Hall–Kier alpha value is -2.94. The summed E-state index contributed by atoms with van der Waals surface area (Å²) in [5, 5.41) is 19.4. The smallest absolute Gasteiger partial charge is 0.246 e. The summed E-state index contributed by atoms with van der Waals surface area (Å²) < 4.78 is 1.86. The molecule has 0 spiro atoms. The van der Waals surface area contributed by atoms with Crippen LogP contribution in [0.5, 0.6) is 0 Å². The zero-order valence-corrected chi connectivity index (χ0v) is 15.0. The lowest BCUT2D eigenvalue weighted by Gasteiger charge is -2.38. The van der Waals surface area contributed by atoms with Gasteiger partial charge in [0.1, 0.15) is 6.07 Å². The van der Waals surface area contributed by atoms with Crippen molar-refractivity contribution in [2.24, 2.45) is 22.4 Å². The van der Waals surface area contributed by atoms with Crippen LogP contribution in [0.3, 0.4) is 0 Å². The van der Waals surface area contributed by atoms with Crippen LogP contribution in [-0.4, -0.2) is 26.9 Å². The zero-order chi connectivity index (χ0) is 18.4. The number of amides is 1. The topological polar surface area (TPSA) is 74.3 Å². The van der Waals surface area contributed by atoms with Crippen molar-refractivity contribution in [3.63, 3.8) is 0 Å². The highest BCUT2D eigenvalue weighted by Crippen LogP contribution is 2.63. The van der Waals surface area contributed by atoms with E-state index in [0.29, 0.717) is 11.5 Å². The fraction of sp³-hybridized carbons (Fsp3) is 0.429. The number of fused-ring (bicyclic) bond motifs is 1. The minimum atomic E-state index is 0.0248. The summed E-state index contributed by atoms with van der Waals surface area (Å²) in [5.74, 6) is 0.674. The summed E-state index contributed by atoms with van der Waals surface area (Å²) in [7, 11) is 0. The second-order valence-corrected chi connectivity index (χ2v) is 8.16. The van der Waals surface area contributed by atoms with Crippen molar-refractivity contribution in [1.82, 2.24) is 14.8 Å². The largest absolute Gasteiger partial charge is 0.273 e. The van der Waals surface area contributed by atoms with Crippen molar-refractivity contribution >= 4 is 12.1 Å². The normalized spacial score (nSPS) is 30.9. The second-order valence-electron chi connectivity index (χ2n) is 8.16. The van der Waals surface area contributed by atoms with Gasteiger partial charge < -0.3 is 0 Å². The van der Waals surface area contributed by atoms with Gasteiger partial charge in [-0.05, 0) is 36.2 Å². The molecular formula is C21H21N5O. The van der Waals surface area contributed by atoms with Crippen LogP contribution in [0.4, 0.5) is 0 Å². The van der Waals surface area contributed by atoms with Gasteiger partial charge in [0, 0.05) is 31.3 Å². The third-order valence-electron chi connectivity index (χ3n) is 6.43. The summed E-state index contributed by atoms with van der Waals surface area (Å²) in [4.78, 5) is 13.3. The Morgan fingerprint density at radius 3 is 2.81 bits per heavy atom. The minimum Gasteiger partial charge on any atom is -0.273 e. The predicted molar refractivity (Wildman–Crippen MR) is 99.3 cm³/mol. The Balaban J connectivity index is 1.30. The van der Waals surface area contributed by atoms with Gasteiger partial charge in [-0.2, -0.15) is 15.5 Å². The van der Waals surface area contributed by atoms with Gasteiger partial charge in [-0.25, -0.2) is 5.01 Å². The first kappa shape index (κ1) is 16.2. The van der Waals surface area contributed by atoms with Gasteiger partial charge in [0.15, 0.2) is 0 Å². The number of nitriles is 1. The first-order valence-corrected chi connectivity index (χ1v) is 9.50. The van der Waals surface area contributed by atoms with Crippen molar-refractivity contribution in [2.45, 2.75) is 38.3 Å². The van der Waals surface area contributed by atoms with E-state index < -0.39 is 0 Å². The van der Waals surface area contributed by atoms with Gasteiger partial charge in [-0.15, -0.1) is 0 Å². The molecule has 2 heterocycles. The lowest BCUT2D eigenvalue weighted by molar-refractivity contribution is -0.138. The maximum absolute atomic E-state index is 13.3. The molecule has 2 aromatic rings. The van der Waals surface area contributed by atoms with Gasteiger partial charge in [-0.1, -0.05) is 30.3 Å². The third-order valence-corrected chi connectivity index (χ3v) is 6.43. The highest BCUT2D eigenvalue weighted by molar-refractivity contribution is 5.83. The van der Waals surface area contributed by atoms with E-state index in [1.807, 2.05) is 29.1 Å². The molecule has 2 bridgehead atoms. The number of carbonyl (C=O) groups excluding carboxylic acids is 1. The van der Waals surface area contributed by atoms with Crippen molar-refractivity contribution in [1.29, 1.82) is 5.26 Å². The molecule has 3 saturated carbocycles. The first-order valence-electron chi connectivity index (χ1n) is 9.50. The number of benzene rings is 1. The van der Waals surface area contributed by atoms with E-state index in [2.05, 4.69) is 28.4 Å². The predicted octanol–water partition coefficient (Wildman–Crippen LogP) is 3.13. The fourth-order valence-electron chi connectivity index (χ4n) is 5.22. The van der Waals surface area contributed by atoms with Crippen LogP contribution in [0.25, 0.3) is 0 Å². The van der Waals surface area contributed by atoms with Crippen LogP contribution in [-0.2, 0) is 11.3 Å². The van der Waals surface area contributed by atoms with E-state index in [0.717, 1.165) is 37.8 Å². The zero-order valence-electron chi connectivity index (χ0n) is 15.0. The van der Waals surface area contributed by atoms with Gasteiger partial charge >= 0.3 is 0 Å². The van der Waals surface area contributed by atoms with E-state index in [-0.39, 0.29) is 23.3 Å². The average Bonchev–Trinajstić information content (AvgIpc) is 3.44. The number of hydrazone groups is 1. The number of hydrogen-bond donors (Lipinski definition) is 0. The van der Waals surface area contributed by atoms with E-state index >= 15 is 0 Å². The quantitative estimate of drug-likeness (QED) is 0.842. The molecule has 1 aromatic heterocycles. The molecule has 1 amide bonds. The van der Waals surface area contributed by atoms with Crippen LogP contribution in [0.15, 0.2) is 47.8 Å². The molecule has 27 heavy (non-hydrogen) atoms. The molecule has 1 aliphatic heterocycles. The molecule has 6 nitrogen and oxygen atoms in total. The lowest BCUT2D eigenvalue weighted by atomic mass is 9.69. The molecule has 6 rings (SSSR count). The second kappa shape index (κ2) is 6.05. The van der Waals surface area contributed by atoms with Crippen LogP contribution in [0, 0.1) is 28.6 Å². The van der Waals surface area contributed by atoms with E-state index in [9.17, 15) is 4.79 Å². The number of rotatable bonds is 4. The van der Waals surface area contributed by atoms with Crippen LogP contribution >= 0.6 is 0 Å². The Morgan fingerprint density at radius 2 is 2.07 bits per heavy atom. The van der Waals surface area contributed by atoms with Gasteiger partial charge in [-0.3, -0.25) is 9.48 Å². The fourth-order valence-corrected chi connectivity index (χ4v) is 5.22. The van der Waals surface area contributed by atoms with Crippen LogP contribution in [0.1, 0.15) is 42.9 Å². The molecular weight excluding hydrogens is 338 g/mol. The molecule has 0 saturated heterocycles. The van der Waals surface area contributed by atoms with Gasteiger partial charge in [0.25, 0.3) is 0 Å². The minimum absolute atomic E-state index is 0.0248. The molecule has 136 valence electrons. The Morgan fingerprint density at radius 1 is 1.26 bits per heavy atom. The molecule has 0 N–H and O–H groups in total. The molecule has 3 fully saturated rings. The number of hydrogen-bond acceptors (Lipinski definition) is 4. The standard InChI is InChI=1S/C21H21N5O/c22-11-15-12-24-25(13-15)14-21-8-17(9-21)18(10-21)20(27)26-19(6-7-23-26)16-4-2-1-3-5-16/h1-5,7,12-13,17-19H,6,8-10,14H2/t17?,18-,19?,21?/m0/s1. The number of aromatic nitrogens is 2. The average molecular weight is 359 g/mol. The van der Waals surface area contributed by atoms with E-state index in [1.54, 1.807) is 17.4 Å². The summed E-state index contributed by atoms with van der Waals surface area (Å²) >= 11 is 0. The van der Waals surface area contributed by atoms with Crippen LogP contribution < -0.4 is 0 Å². The van der Waals surface area contributed by atoms with Crippen molar-refractivity contribution in [2.75, 3.05) is 0 Å². The molecule has 1 aromatic carbocycles. The van der Waals surface area contributed by atoms with Gasteiger partial charge in [0.2, 0.25) is 5.91 Å². The lowest BCUT2D eigenvalue weighted by Crippen LogP contribution is -2.35. The SMILES string of the molecule is N#Cc1cnn(CC23CC(C2)[C@@H](C(=O)N2N=CCC2c2ccccc2)C3)c1. The molecule has 0 radical (unpaired) electrons. The van der Waals surface area contributed by atoms with E-state index in [4.69, 9.17) is 5.26 Å². The van der Waals surface area contributed by atoms with Crippen LogP contribution in [0.2, 0.25) is 0 Å². The summed E-state index contributed by atoms with van der Waals surface area (Å²) in [6, 6.07) is 12.3.